The van der Waals surface area contributed by atoms with Crippen molar-refractivity contribution < 1.29 is 8.42 Å². The lowest BCUT2D eigenvalue weighted by molar-refractivity contribution is 0.595. The maximum Gasteiger partial charge on any atom is 0.236 e. The Bertz CT molecular complexity index is 633. The molecule has 2 aromatic heterocycles. The van der Waals surface area contributed by atoms with Crippen molar-refractivity contribution in [3.63, 3.8) is 0 Å². The zero-order valence-electron chi connectivity index (χ0n) is 8.10. The summed E-state index contributed by atoms with van der Waals surface area (Å²) in [4.78, 5) is 8.01. The SMILES string of the molecule is Cc1nc(Cl)c2c(ccn2S(C)(=O)=O)n1. The van der Waals surface area contributed by atoms with E-state index in [1.54, 1.807) is 13.0 Å². The average molecular weight is 246 g/mol. The molecule has 2 aromatic rings. The molecule has 0 bridgehead atoms. The van der Waals surface area contributed by atoms with Crippen molar-refractivity contribution in [3.8, 4) is 0 Å². The molecule has 5 nitrogen and oxygen atoms in total. The lowest BCUT2D eigenvalue weighted by Crippen LogP contribution is -2.09. The van der Waals surface area contributed by atoms with Crippen molar-refractivity contribution >= 4 is 32.7 Å². The van der Waals surface area contributed by atoms with Crippen LogP contribution in [0.3, 0.4) is 0 Å². The number of hydrogen-bond donors (Lipinski definition) is 0. The molecular weight excluding hydrogens is 238 g/mol. The second-order valence-corrected chi connectivity index (χ2v) is 5.39. The predicted octanol–water partition coefficient (Wildman–Crippen LogP) is 1.20. The van der Waals surface area contributed by atoms with Crippen LogP contribution in [0.4, 0.5) is 0 Å². The Morgan fingerprint density at radius 1 is 1.40 bits per heavy atom. The highest BCUT2D eigenvalue weighted by Crippen LogP contribution is 2.22. The number of aryl methyl sites for hydroxylation is 1. The molecule has 0 aliphatic carbocycles. The zero-order chi connectivity index (χ0) is 11.2. The van der Waals surface area contributed by atoms with Crippen molar-refractivity contribution in [1.82, 2.24) is 13.9 Å². The Balaban J connectivity index is 2.93. The third-order valence-corrected chi connectivity index (χ3v) is 3.21. The number of halogens is 1. The van der Waals surface area contributed by atoms with E-state index in [9.17, 15) is 8.42 Å². The summed E-state index contributed by atoms with van der Waals surface area (Å²) in [5, 5.41) is 0.146. The predicted molar refractivity (Wildman–Crippen MR) is 57.5 cm³/mol. The summed E-state index contributed by atoms with van der Waals surface area (Å²) in [6.45, 7) is 1.70. The minimum Gasteiger partial charge on any atom is -0.241 e. The first-order valence-electron chi connectivity index (χ1n) is 4.11. The third-order valence-electron chi connectivity index (χ3n) is 1.93. The second kappa shape index (κ2) is 3.18. The highest BCUT2D eigenvalue weighted by Gasteiger charge is 2.14. The molecule has 0 saturated carbocycles. The van der Waals surface area contributed by atoms with Gasteiger partial charge in [0.25, 0.3) is 0 Å². The van der Waals surface area contributed by atoms with Gasteiger partial charge < -0.3 is 0 Å². The molecule has 0 aromatic carbocycles. The molecule has 7 heteroatoms. The van der Waals surface area contributed by atoms with Gasteiger partial charge in [-0.25, -0.2) is 22.4 Å². The van der Waals surface area contributed by atoms with Crippen LogP contribution in [0, 0.1) is 6.92 Å². The van der Waals surface area contributed by atoms with E-state index in [4.69, 9.17) is 11.6 Å². The summed E-state index contributed by atoms with van der Waals surface area (Å²) in [6.07, 6.45) is 2.52. The van der Waals surface area contributed by atoms with Gasteiger partial charge in [0, 0.05) is 6.20 Å². The molecular formula is C8H8ClN3O2S. The number of fused-ring (bicyclic) bond motifs is 1. The lowest BCUT2D eigenvalue weighted by atomic mass is 10.4. The van der Waals surface area contributed by atoms with E-state index in [2.05, 4.69) is 9.97 Å². The molecule has 0 saturated heterocycles. The van der Waals surface area contributed by atoms with E-state index in [0.717, 1.165) is 10.2 Å². The molecule has 80 valence electrons. The van der Waals surface area contributed by atoms with Crippen LogP contribution in [0.2, 0.25) is 5.15 Å². The summed E-state index contributed by atoms with van der Waals surface area (Å²) in [6, 6.07) is 1.59. The quantitative estimate of drug-likeness (QED) is 0.708. The number of rotatable bonds is 1. The fraction of sp³-hybridized carbons (Fsp3) is 0.250. The Hall–Kier alpha value is -1.14. The van der Waals surface area contributed by atoms with Crippen LogP contribution in [-0.4, -0.2) is 28.6 Å². The summed E-state index contributed by atoms with van der Waals surface area (Å²) in [5.41, 5.74) is 0.850. The van der Waals surface area contributed by atoms with Crippen LogP contribution in [0.1, 0.15) is 5.82 Å². The van der Waals surface area contributed by atoms with Crippen molar-refractivity contribution in [1.29, 1.82) is 0 Å². The molecule has 2 rings (SSSR count). The Kier molecular flexibility index (Phi) is 2.20. The van der Waals surface area contributed by atoms with Gasteiger partial charge >= 0.3 is 0 Å². The maximum atomic E-state index is 11.4. The monoisotopic (exact) mass is 245 g/mol. The Labute approximate surface area is 91.8 Å². The van der Waals surface area contributed by atoms with E-state index >= 15 is 0 Å². The molecule has 0 atom stereocenters. The van der Waals surface area contributed by atoms with Crippen molar-refractivity contribution in [2.45, 2.75) is 6.92 Å². The van der Waals surface area contributed by atoms with E-state index in [0.29, 0.717) is 16.9 Å². The Morgan fingerprint density at radius 3 is 2.67 bits per heavy atom. The van der Waals surface area contributed by atoms with Gasteiger partial charge in [0.05, 0.1) is 11.8 Å². The van der Waals surface area contributed by atoms with Crippen LogP contribution in [0.5, 0.6) is 0 Å². The number of hydrogen-bond acceptors (Lipinski definition) is 4. The van der Waals surface area contributed by atoms with Gasteiger partial charge in [0.2, 0.25) is 10.0 Å². The largest absolute Gasteiger partial charge is 0.241 e. The van der Waals surface area contributed by atoms with E-state index < -0.39 is 10.0 Å². The highest BCUT2D eigenvalue weighted by molar-refractivity contribution is 7.89. The van der Waals surface area contributed by atoms with Gasteiger partial charge in [-0.05, 0) is 13.0 Å². The first-order chi connectivity index (χ1) is 6.89. The van der Waals surface area contributed by atoms with Gasteiger partial charge in [-0.1, -0.05) is 11.6 Å². The second-order valence-electron chi connectivity index (χ2n) is 3.17. The number of aromatic nitrogens is 3. The van der Waals surface area contributed by atoms with Gasteiger partial charge in [-0.3, -0.25) is 0 Å². The molecule has 0 spiro atoms. The molecule has 0 N–H and O–H groups in total. The number of nitrogens with zero attached hydrogens (tertiary/aromatic N) is 3. The van der Waals surface area contributed by atoms with E-state index in [1.807, 2.05) is 0 Å². The molecule has 0 radical (unpaired) electrons. The standard InChI is InChI=1S/C8H8ClN3O2S/c1-5-10-6-3-4-12(15(2,13)14)7(6)8(9)11-5/h3-4H,1-2H3. The molecule has 0 amide bonds. The molecule has 15 heavy (non-hydrogen) atoms. The summed E-state index contributed by atoms with van der Waals surface area (Å²) >= 11 is 5.88. The minimum atomic E-state index is -3.37. The van der Waals surface area contributed by atoms with Gasteiger partial charge in [-0.15, -0.1) is 0 Å². The molecule has 0 fully saturated rings. The van der Waals surface area contributed by atoms with Crippen LogP contribution in [-0.2, 0) is 10.0 Å². The Morgan fingerprint density at radius 2 is 2.07 bits per heavy atom. The van der Waals surface area contributed by atoms with Crippen molar-refractivity contribution in [3.05, 3.63) is 23.2 Å². The highest BCUT2D eigenvalue weighted by atomic mass is 35.5. The van der Waals surface area contributed by atoms with Gasteiger partial charge in [-0.2, -0.15) is 0 Å². The van der Waals surface area contributed by atoms with Crippen molar-refractivity contribution in [2.24, 2.45) is 0 Å². The summed E-state index contributed by atoms with van der Waals surface area (Å²) in [7, 11) is -3.37. The average Bonchev–Trinajstić information content (AvgIpc) is 2.45. The van der Waals surface area contributed by atoms with Crippen LogP contribution >= 0.6 is 11.6 Å². The zero-order valence-corrected chi connectivity index (χ0v) is 9.67. The fourth-order valence-corrected chi connectivity index (χ4v) is 2.52. The maximum absolute atomic E-state index is 11.4. The van der Waals surface area contributed by atoms with Crippen LogP contribution in [0.15, 0.2) is 12.3 Å². The van der Waals surface area contributed by atoms with Crippen LogP contribution in [0.25, 0.3) is 11.0 Å². The first kappa shape index (κ1) is 10.4. The van der Waals surface area contributed by atoms with E-state index in [1.165, 1.54) is 6.20 Å². The molecule has 0 aliphatic heterocycles. The third kappa shape index (κ3) is 1.70. The normalized spacial score (nSPS) is 12.2. The molecule has 0 aliphatic rings. The minimum absolute atomic E-state index is 0.146. The summed E-state index contributed by atoms with van der Waals surface area (Å²) < 4.78 is 23.9. The van der Waals surface area contributed by atoms with Crippen molar-refractivity contribution in [2.75, 3.05) is 6.26 Å². The van der Waals surface area contributed by atoms with Gasteiger partial charge in [0.15, 0.2) is 5.15 Å². The summed E-state index contributed by atoms with van der Waals surface area (Å²) in [5.74, 6) is 0.513. The topological polar surface area (TPSA) is 64.8 Å². The fourth-order valence-electron chi connectivity index (χ4n) is 1.36. The molecule has 2 heterocycles. The smallest absolute Gasteiger partial charge is 0.236 e. The van der Waals surface area contributed by atoms with E-state index in [-0.39, 0.29) is 5.15 Å². The molecule has 0 unspecified atom stereocenters. The van der Waals surface area contributed by atoms with Crippen LogP contribution < -0.4 is 0 Å². The van der Waals surface area contributed by atoms with Gasteiger partial charge in [0.1, 0.15) is 11.3 Å². The lowest BCUT2D eigenvalue weighted by Gasteiger charge is -2.02. The first-order valence-corrected chi connectivity index (χ1v) is 6.34.